The van der Waals surface area contributed by atoms with Gasteiger partial charge >= 0.3 is 5.97 Å². The van der Waals surface area contributed by atoms with Gasteiger partial charge in [-0.3, -0.25) is 9.59 Å². The van der Waals surface area contributed by atoms with Gasteiger partial charge in [-0.05, 0) is 26.2 Å². The van der Waals surface area contributed by atoms with Crippen molar-refractivity contribution in [1.29, 1.82) is 0 Å². The van der Waals surface area contributed by atoms with Gasteiger partial charge in [-0.1, -0.05) is 6.92 Å². The Morgan fingerprint density at radius 3 is 2.65 bits per heavy atom. The van der Waals surface area contributed by atoms with Crippen molar-refractivity contribution in [2.75, 3.05) is 6.61 Å². The number of amides is 1. The topological polar surface area (TPSA) is 72.5 Å². The lowest BCUT2D eigenvalue weighted by Gasteiger charge is -2.34. The van der Waals surface area contributed by atoms with Gasteiger partial charge in [0.05, 0.1) is 6.61 Å². The summed E-state index contributed by atoms with van der Waals surface area (Å²) < 4.78 is 4.93. The van der Waals surface area contributed by atoms with Crippen molar-refractivity contribution in [3.05, 3.63) is 0 Å². The van der Waals surface area contributed by atoms with Crippen LogP contribution in [0.4, 0.5) is 0 Å². The quantitative estimate of drug-likeness (QED) is 0.574. The van der Waals surface area contributed by atoms with Crippen LogP contribution in [-0.2, 0) is 19.1 Å². The van der Waals surface area contributed by atoms with Crippen molar-refractivity contribution in [3.63, 3.8) is 0 Å². The van der Waals surface area contributed by atoms with E-state index in [0.29, 0.717) is 25.7 Å². The molecule has 1 atom stereocenters. The highest BCUT2D eigenvalue weighted by Gasteiger charge is 2.49. The number of hydrogen-bond acceptors (Lipinski definition) is 4. The highest BCUT2D eigenvalue weighted by Crippen LogP contribution is 2.24. The number of piperidine rings is 1. The van der Waals surface area contributed by atoms with Gasteiger partial charge in [0.1, 0.15) is 0 Å². The normalized spacial score (nSPS) is 24.0. The Hall–Kier alpha value is -1.39. The zero-order valence-corrected chi connectivity index (χ0v) is 10.4. The maximum Gasteiger partial charge on any atom is 0.339 e. The second-order valence-electron chi connectivity index (χ2n) is 4.20. The molecule has 5 nitrogen and oxygen atoms in total. The van der Waals surface area contributed by atoms with Crippen LogP contribution in [0.2, 0.25) is 0 Å². The number of esters is 1. The summed E-state index contributed by atoms with van der Waals surface area (Å²) in [6, 6.07) is 0. The number of nitrogens with one attached hydrogen (secondary N) is 1. The predicted octanol–water partition coefficient (Wildman–Crippen LogP) is 0.958. The minimum absolute atomic E-state index is 0.204. The molecule has 1 heterocycles. The Labute approximate surface area is 101 Å². The van der Waals surface area contributed by atoms with E-state index >= 15 is 0 Å². The van der Waals surface area contributed by atoms with Crippen LogP contribution in [0.25, 0.3) is 0 Å². The molecule has 0 spiro atoms. The van der Waals surface area contributed by atoms with Crippen LogP contribution in [0.5, 0.6) is 0 Å². The van der Waals surface area contributed by atoms with Crippen LogP contribution in [-0.4, -0.2) is 29.8 Å². The third-order valence-corrected chi connectivity index (χ3v) is 2.89. The smallest absolute Gasteiger partial charge is 0.339 e. The fraction of sp³-hybridized carbons (Fsp3) is 0.750. The molecule has 1 rings (SSSR count). The Balaban J connectivity index is 2.94. The molecule has 0 aromatic carbocycles. The summed E-state index contributed by atoms with van der Waals surface area (Å²) in [6.45, 7) is 3.75. The Morgan fingerprint density at radius 2 is 2.12 bits per heavy atom. The van der Waals surface area contributed by atoms with Crippen molar-refractivity contribution in [2.24, 2.45) is 0 Å². The van der Waals surface area contributed by atoms with E-state index in [0.717, 1.165) is 0 Å². The van der Waals surface area contributed by atoms with E-state index in [-0.39, 0.29) is 24.7 Å². The van der Waals surface area contributed by atoms with E-state index in [1.54, 1.807) is 6.92 Å². The monoisotopic (exact) mass is 241 g/mol. The Morgan fingerprint density at radius 1 is 1.41 bits per heavy atom. The van der Waals surface area contributed by atoms with Crippen LogP contribution in [0.1, 0.15) is 46.0 Å². The second kappa shape index (κ2) is 5.80. The largest absolute Gasteiger partial charge is 0.464 e. The van der Waals surface area contributed by atoms with Crippen LogP contribution in [0.15, 0.2) is 0 Å². The summed E-state index contributed by atoms with van der Waals surface area (Å²) in [5.41, 5.74) is -1.43. The molecule has 1 fully saturated rings. The number of carbonyl (C=O) groups is 3. The third-order valence-electron chi connectivity index (χ3n) is 2.89. The highest BCUT2D eigenvalue weighted by atomic mass is 16.5. The average molecular weight is 241 g/mol. The van der Waals surface area contributed by atoms with Gasteiger partial charge in [0, 0.05) is 12.8 Å². The molecule has 0 aromatic heterocycles. The summed E-state index contributed by atoms with van der Waals surface area (Å²) in [5.74, 6) is -1.12. The van der Waals surface area contributed by atoms with Crippen molar-refractivity contribution in [2.45, 2.75) is 51.5 Å². The van der Waals surface area contributed by atoms with Crippen LogP contribution in [0, 0.1) is 0 Å². The molecule has 1 amide bonds. The number of carbonyl (C=O) groups excluding carboxylic acids is 3. The first-order valence-electron chi connectivity index (χ1n) is 6.08. The van der Waals surface area contributed by atoms with Gasteiger partial charge < -0.3 is 10.1 Å². The van der Waals surface area contributed by atoms with Crippen molar-refractivity contribution in [3.8, 4) is 0 Å². The highest BCUT2D eigenvalue weighted by molar-refractivity contribution is 6.11. The number of hydrogen-bond donors (Lipinski definition) is 1. The minimum atomic E-state index is -1.43. The lowest BCUT2D eigenvalue weighted by atomic mass is 9.83. The first-order valence-corrected chi connectivity index (χ1v) is 6.08. The first kappa shape index (κ1) is 13.7. The fourth-order valence-corrected chi connectivity index (χ4v) is 2.05. The number of rotatable bonds is 5. The zero-order valence-electron chi connectivity index (χ0n) is 10.4. The fourth-order valence-electron chi connectivity index (χ4n) is 2.05. The maximum atomic E-state index is 12.1. The molecule has 0 unspecified atom stereocenters. The molecule has 1 saturated heterocycles. The molecule has 1 aliphatic heterocycles. The van der Waals surface area contributed by atoms with E-state index in [1.165, 1.54) is 0 Å². The van der Waals surface area contributed by atoms with Gasteiger partial charge in [0.15, 0.2) is 11.3 Å². The van der Waals surface area contributed by atoms with E-state index in [2.05, 4.69) is 5.32 Å². The first-order chi connectivity index (χ1) is 8.06. The van der Waals surface area contributed by atoms with E-state index < -0.39 is 11.5 Å². The summed E-state index contributed by atoms with van der Waals surface area (Å²) in [6.07, 6.45) is 2.17. The minimum Gasteiger partial charge on any atom is -0.464 e. The SMILES string of the molecule is CCCC(=O)[C@@]1(C(=O)OCC)CCCC(=O)N1. The van der Waals surface area contributed by atoms with Gasteiger partial charge in [0.25, 0.3) is 0 Å². The van der Waals surface area contributed by atoms with Gasteiger partial charge in [-0.2, -0.15) is 0 Å². The summed E-state index contributed by atoms with van der Waals surface area (Å²) in [7, 11) is 0. The standard InChI is InChI=1S/C12H19NO4/c1-3-6-9(14)12(11(16)17-4-2)8-5-7-10(15)13-12/h3-8H2,1-2H3,(H,13,15)/t12-/m1/s1. The predicted molar refractivity (Wildman–Crippen MR) is 61.3 cm³/mol. The van der Waals surface area contributed by atoms with Gasteiger partial charge in [-0.25, -0.2) is 4.79 Å². The number of ketones is 1. The van der Waals surface area contributed by atoms with E-state index in [1.807, 2.05) is 6.92 Å². The van der Waals surface area contributed by atoms with Crippen LogP contribution in [0.3, 0.4) is 0 Å². The van der Waals surface area contributed by atoms with Crippen LogP contribution >= 0.6 is 0 Å². The maximum absolute atomic E-state index is 12.1. The van der Waals surface area contributed by atoms with E-state index in [9.17, 15) is 14.4 Å². The lowest BCUT2D eigenvalue weighted by molar-refractivity contribution is -0.159. The molecule has 0 saturated carbocycles. The van der Waals surface area contributed by atoms with Crippen LogP contribution < -0.4 is 5.32 Å². The zero-order chi connectivity index (χ0) is 12.9. The van der Waals surface area contributed by atoms with Crippen molar-refractivity contribution in [1.82, 2.24) is 5.32 Å². The molecule has 5 heteroatoms. The van der Waals surface area contributed by atoms with Crippen molar-refractivity contribution < 1.29 is 19.1 Å². The Kier molecular flexibility index (Phi) is 4.66. The Bertz CT molecular complexity index is 306. The average Bonchev–Trinajstić information content (AvgIpc) is 2.29. The van der Waals surface area contributed by atoms with Crippen molar-refractivity contribution >= 4 is 17.7 Å². The molecule has 1 N–H and O–H groups in total. The summed E-state index contributed by atoms with van der Waals surface area (Å²) in [5, 5.41) is 2.54. The molecule has 0 aromatic rings. The molecule has 1 aliphatic rings. The number of Topliss-reactive ketones (excluding diaryl/α,β-unsaturated/α-hetero) is 1. The molecule has 0 bridgehead atoms. The molecule has 0 radical (unpaired) electrons. The molecular weight excluding hydrogens is 222 g/mol. The summed E-state index contributed by atoms with van der Waals surface area (Å²) >= 11 is 0. The second-order valence-corrected chi connectivity index (χ2v) is 4.20. The number of ether oxygens (including phenoxy) is 1. The van der Waals surface area contributed by atoms with Gasteiger partial charge in [0.2, 0.25) is 5.91 Å². The van der Waals surface area contributed by atoms with E-state index in [4.69, 9.17) is 4.74 Å². The summed E-state index contributed by atoms with van der Waals surface area (Å²) in [4.78, 5) is 35.4. The lowest BCUT2D eigenvalue weighted by Crippen LogP contribution is -2.62. The third kappa shape index (κ3) is 2.84. The molecular formula is C12H19NO4. The van der Waals surface area contributed by atoms with Gasteiger partial charge in [-0.15, -0.1) is 0 Å². The molecule has 96 valence electrons. The molecule has 17 heavy (non-hydrogen) atoms. The molecule has 0 aliphatic carbocycles.